The fourth-order valence-corrected chi connectivity index (χ4v) is 2.82. The van der Waals surface area contributed by atoms with Crippen LogP contribution in [0.3, 0.4) is 0 Å². The van der Waals surface area contributed by atoms with E-state index in [9.17, 15) is 4.79 Å². The molecule has 2 aromatic rings. The Hall–Kier alpha value is -1.95. The van der Waals surface area contributed by atoms with Gasteiger partial charge in [0.05, 0.1) is 18.2 Å². The molecule has 0 saturated carbocycles. The zero-order chi connectivity index (χ0) is 19.6. The SMILES string of the molecule is CCCOc1c(Cl)cc(C(=O)Nc2ccccc2CNCC)cc1OCC.Cl. The molecule has 2 rings (SSSR count). The van der Waals surface area contributed by atoms with E-state index in [1.165, 1.54) is 0 Å². The number of amides is 1. The minimum Gasteiger partial charge on any atom is -0.490 e. The van der Waals surface area contributed by atoms with Gasteiger partial charge in [-0.15, -0.1) is 12.4 Å². The van der Waals surface area contributed by atoms with Gasteiger partial charge in [0.1, 0.15) is 0 Å². The van der Waals surface area contributed by atoms with Crippen molar-refractivity contribution in [3.8, 4) is 11.5 Å². The van der Waals surface area contributed by atoms with Crippen molar-refractivity contribution < 1.29 is 14.3 Å². The number of hydrogen-bond donors (Lipinski definition) is 2. The Balaban J connectivity index is 0.00000392. The predicted molar refractivity (Wildman–Crippen MR) is 117 cm³/mol. The summed E-state index contributed by atoms with van der Waals surface area (Å²) in [4.78, 5) is 12.8. The summed E-state index contributed by atoms with van der Waals surface area (Å²) in [6, 6.07) is 11.0. The summed E-state index contributed by atoms with van der Waals surface area (Å²) >= 11 is 6.36. The molecule has 0 fully saturated rings. The normalized spacial score (nSPS) is 10.1. The third kappa shape index (κ3) is 6.59. The molecule has 2 N–H and O–H groups in total. The van der Waals surface area contributed by atoms with Gasteiger partial charge in [0.2, 0.25) is 0 Å². The van der Waals surface area contributed by atoms with Gasteiger partial charge < -0.3 is 20.1 Å². The lowest BCUT2D eigenvalue weighted by Crippen LogP contribution is -2.17. The van der Waals surface area contributed by atoms with Crippen LogP contribution in [-0.4, -0.2) is 25.7 Å². The Labute approximate surface area is 178 Å². The molecule has 0 atom stereocenters. The number of para-hydroxylation sites is 1. The summed E-state index contributed by atoms with van der Waals surface area (Å²) in [7, 11) is 0. The van der Waals surface area contributed by atoms with Crippen LogP contribution in [0.5, 0.6) is 11.5 Å². The maximum atomic E-state index is 12.8. The first-order valence-corrected chi connectivity index (χ1v) is 9.67. The van der Waals surface area contributed by atoms with E-state index in [0.717, 1.165) is 24.2 Å². The molecule has 28 heavy (non-hydrogen) atoms. The summed E-state index contributed by atoms with van der Waals surface area (Å²) in [5, 5.41) is 6.59. The molecule has 0 bridgehead atoms. The third-order valence-corrected chi connectivity index (χ3v) is 4.13. The average Bonchev–Trinajstić information content (AvgIpc) is 2.66. The molecular formula is C21H28Cl2N2O3. The van der Waals surface area contributed by atoms with E-state index >= 15 is 0 Å². The largest absolute Gasteiger partial charge is 0.490 e. The van der Waals surface area contributed by atoms with Gasteiger partial charge in [-0.1, -0.05) is 43.6 Å². The molecule has 5 nitrogen and oxygen atoms in total. The first-order valence-electron chi connectivity index (χ1n) is 9.29. The van der Waals surface area contributed by atoms with E-state index in [-0.39, 0.29) is 18.3 Å². The van der Waals surface area contributed by atoms with Gasteiger partial charge in [-0.25, -0.2) is 0 Å². The highest BCUT2D eigenvalue weighted by atomic mass is 35.5. The lowest BCUT2D eigenvalue weighted by Gasteiger charge is -2.16. The van der Waals surface area contributed by atoms with Gasteiger partial charge >= 0.3 is 0 Å². The Morgan fingerprint density at radius 3 is 2.54 bits per heavy atom. The third-order valence-electron chi connectivity index (χ3n) is 3.85. The number of nitrogens with one attached hydrogen (secondary N) is 2. The Bertz CT molecular complexity index is 769. The average molecular weight is 427 g/mol. The van der Waals surface area contributed by atoms with Crippen LogP contribution in [0.4, 0.5) is 5.69 Å². The molecule has 0 aliphatic rings. The zero-order valence-electron chi connectivity index (χ0n) is 16.5. The summed E-state index contributed by atoms with van der Waals surface area (Å²) in [5.74, 6) is 0.706. The van der Waals surface area contributed by atoms with Gasteiger partial charge in [-0.05, 0) is 43.7 Å². The lowest BCUT2D eigenvalue weighted by atomic mass is 10.1. The molecule has 0 radical (unpaired) electrons. The van der Waals surface area contributed by atoms with Crippen LogP contribution in [0.25, 0.3) is 0 Å². The first-order chi connectivity index (χ1) is 13.1. The minimum absolute atomic E-state index is 0. The fraction of sp³-hybridized carbons (Fsp3) is 0.381. The van der Waals surface area contributed by atoms with E-state index < -0.39 is 0 Å². The zero-order valence-corrected chi connectivity index (χ0v) is 18.1. The summed E-state index contributed by atoms with van der Waals surface area (Å²) in [6.07, 6.45) is 0.854. The monoisotopic (exact) mass is 426 g/mol. The van der Waals surface area contributed by atoms with Crippen LogP contribution < -0.4 is 20.1 Å². The van der Waals surface area contributed by atoms with Crippen molar-refractivity contribution in [3.05, 3.63) is 52.5 Å². The fourth-order valence-electron chi connectivity index (χ4n) is 2.56. The van der Waals surface area contributed by atoms with Crippen LogP contribution in [0.1, 0.15) is 43.1 Å². The van der Waals surface area contributed by atoms with Crippen molar-refractivity contribution in [2.45, 2.75) is 33.7 Å². The number of ether oxygens (including phenoxy) is 2. The standard InChI is InChI=1S/C21H27ClN2O3.ClH/c1-4-11-27-20-17(22)12-16(13-19(20)26-6-3)21(25)24-18-10-8-7-9-15(18)14-23-5-2;/h7-10,12-13,23H,4-6,11,14H2,1-3H3,(H,24,25);1H. The highest BCUT2D eigenvalue weighted by Gasteiger charge is 2.17. The topological polar surface area (TPSA) is 59.6 Å². The van der Waals surface area contributed by atoms with Crippen molar-refractivity contribution in [1.82, 2.24) is 5.32 Å². The van der Waals surface area contributed by atoms with E-state index in [1.54, 1.807) is 12.1 Å². The number of carbonyl (C=O) groups excluding carboxylic acids is 1. The van der Waals surface area contributed by atoms with Crippen molar-refractivity contribution in [2.75, 3.05) is 25.1 Å². The molecule has 0 unspecified atom stereocenters. The smallest absolute Gasteiger partial charge is 0.255 e. The molecule has 0 aliphatic heterocycles. The summed E-state index contributed by atoms with van der Waals surface area (Å²) < 4.78 is 11.3. The van der Waals surface area contributed by atoms with E-state index in [2.05, 4.69) is 10.6 Å². The van der Waals surface area contributed by atoms with Crippen LogP contribution in [0.15, 0.2) is 36.4 Å². The quantitative estimate of drug-likeness (QED) is 0.540. The molecule has 0 heterocycles. The number of hydrogen-bond acceptors (Lipinski definition) is 4. The van der Waals surface area contributed by atoms with E-state index in [1.807, 2.05) is 45.0 Å². The molecule has 1 amide bonds. The van der Waals surface area contributed by atoms with E-state index in [4.69, 9.17) is 21.1 Å². The Morgan fingerprint density at radius 1 is 1.11 bits per heavy atom. The van der Waals surface area contributed by atoms with Gasteiger partial charge in [-0.3, -0.25) is 4.79 Å². The second-order valence-corrected chi connectivity index (χ2v) is 6.37. The van der Waals surface area contributed by atoms with Crippen LogP contribution in [-0.2, 0) is 6.54 Å². The van der Waals surface area contributed by atoms with Crippen molar-refractivity contribution >= 4 is 35.6 Å². The van der Waals surface area contributed by atoms with E-state index in [0.29, 0.717) is 41.8 Å². The van der Waals surface area contributed by atoms with Gasteiger partial charge in [-0.2, -0.15) is 0 Å². The van der Waals surface area contributed by atoms with Gasteiger partial charge in [0, 0.05) is 17.8 Å². The summed E-state index contributed by atoms with van der Waals surface area (Å²) in [6.45, 7) is 8.46. The Morgan fingerprint density at radius 2 is 1.86 bits per heavy atom. The highest BCUT2D eigenvalue weighted by molar-refractivity contribution is 6.32. The molecule has 0 aliphatic carbocycles. The number of benzene rings is 2. The molecule has 154 valence electrons. The highest BCUT2D eigenvalue weighted by Crippen LogP contribution is 2.37. The Kier molecular flexibility index (Phi) is 10.8. The first kappa shape index (κ1) is 24.1. The number of anilines is 1. The van der Waals surface area contributed by atoms with Crippen molar-refractivity contribution in [2.24, 2.45) is 0 Å². The lowest BCUT2D eigenvalue weighted by molar-refractivity contribution is 0.102. The van der Waals surface area contributed by atoms with Gasteiger partial charge in [0.25, 0.3) is 5.91 Å². The second-order valence-electron chi connectivity index (χ2n) is 5.96. The number of carbonyl (C=O) groups is 1. The van der Waals surface area contributed by atoms with Crippen molar-refractivity contribution in [3.63, 3.8) is 0 Å². The predicted octanol–water partition coefficient (Wildman–Crippen LogP) is 5.31. The van der Waals surface area contributed by atoms with Crippen LogP contribution in [0.2, 0.25) is 5.02 Å². The second kappa shape index (κ2) is 12.5. The van der Waals surface area contributed by atoms with Gasteiger partial charge in [0.15, 0.2) is 11.5 Å². The molecule has 0 aromatic heterocycles. The number of rotatable bonds is 10. The molecule has 7 heteroatoms. The molecular weight excluding hydrogens is 399 g/mol. The maximum Gasteiger partial charge on any atom is 0.255 e. The minimum atomic E-state index is -0.246. The maximum absolute atomic E-state index is 12.8. The number of halogens is 2. The molecule has 0 spiro atoms. The molecule has 2 aromatic carbocycles. The molecule has 0 saturated heterocycles. The van der Waals surface area contributed by atoms with Crippen LogP contribution in [0, 0.1) is 0 Å². The van der Waals surface area contributed by atoms with Crippen LogP contribution >= 0.6 is 24.0 Å². The summed E-state index contributed by atoms with van der Waals surface area (Å²) in [5.41, 5.74) is 2.21. The van der Waals surface area contributed by atoms with Crippen molar-refractivity contribution in [1.29, 1.82) is 0 Å².